The number of nitro benzene ring substituents is 1. The van der Waals surface area contributed by atoms with Gasteiger partial charge in [0.25, 0.3) is 5.69 Å². The van der Waals surface area contributed by atoms with Crippen molar-refractivity contribution in [3.8, 4) is 11.6 Å². The molecule has 0 fully saturated rings. The molecule has 0 bridgehead atoms. The Labute approximate surface area is 197 Å². The molecule has 0 aliphatic carbocycles. The Bertz CT molecular complexity index is 1350. The summed E-state index contributed by atoms with van der Waals surface area (Å²) in [5.41, 5.74) is 2.68. The van der Waals surface area contributed by atoms with E-state index < -0.39 is 15.0 Å². The van der Waals surface area contributed by atoms with E-state index in [1.807, 2.05) is 37.3 Å². The van der Waals surface area contributed by atoms with E-state index in [1.165, 1.54) is 36.4 Å². The molecule has 0 amide bonds. The number of aromatic nitrogens is 2. The van der Waals surface area contributed by atoms with Gasteiger partial charge in [0.1, 0.15) is 10.6 Å². The van der Waals surface area contributed by atoms with Crippen LogP contribution in [0.15, 0.2) is 89.8 Å². The Balaban J connectivity index is 0.000000271. The molecule has 34 heavy (non-hydrogen) atoms. The Kier molecular flexibility index (Phi) is 7.64. The first kappa shape index (κ1) is 24.5. The van der Waals surface area contributed by atoms with E-state index in [0.717, 1.165) is 11.1 Å². The number of benzene rings is 3. The van der Waals surface area contributed by atoms with Crippen molar-refractivity contribution in [1.82, 2.24) is 9.78 Å². The lowest BCUT2D eigenvalue weighted by Crippen LogP contribution is -2.13. The second-order valence-electron chi connectivity index (χ2n) is 7.39. The Morgan fingerprint density at radius 2 is 1.59 bits per heavy atom. The minimum atomic E-state index is -3.89. The van der Waals surface area contributed by atoms with Crippen LogP contribution in [0, 0.1) is 24.0 Å². The summed E-state index contributed by atoms with van der Waals surface area (Å²) >= 11 is 0. The minimum absolute atomic E-state index is 0.0159. The molecular weight excluding hydrogens is 458 g/mol. The van der Waals surface area contributed by atoms with Gasteiger partial charge >= 0.3 is 10.1 Å². The van der Waals surface area contributed by atoms with Crippen molar-refractivity contribution in [1.29, 1.82) is 0 Å². The lowest BCUT2D eigenvalue weighted by molar-refractivity contribution is -0.384. The van der Waals surface area contributed by atoms with E-state index in [2.05, 4.69) is 5.10 Å². The molecule has 0 aliphatic rings. The monoisotopic (exact) mass is 481 g/mol. The Morgan fingerprint density at radius 1 is 0.971 bits per heavy atom. The highest BCUT2D eigenvalue weighted by molar-refractivity contribution is 7.87. The number of phenolic OH excluding ortho intramolecular Hbond substituents is 1. The van der Waals surface area contributed by atoms with Crippen molar-refractivity contribution in [2.75, 3.05) is 0 Å². The zero-order valence-corrected chi connectivity index (χ0v) is 19.3. The smallest absolute Gasteiger partial charge is 0.340 e. The SMILES string of the molecule is Cc1ccc(S(=O)(=O)Oc2cc(C)nn2Cc2ccccc2)cc1.O=[N+]([O-])c1ccc(O)cc1. The standard InChI is InChI=1S/C18H18N2O3S.C6H5NO3/c1-14-8-10-17(11-9-14)24(21,22)23-18-12-15(2)19-20(18)13-16-6-4-3-5-7-16;8-6-3-1-5(2-4-6)7(9)10/h3-12H,13H2,1-2H3;1-4,8H. The number of phenols is 1. The number of non-ortho nitro benzene ring substituents is 1. The normalized spacial score (nSPS) is 10.8. The molecule has 10 heteroatoms. The number of nitrogens with zero attached hydrogens (tertiary/aromatic N) is 3. The minimum Gasteiger partial charge on any atom is -0.508 e. The van der Waals surface area contributed by atoms with E-state index in [1.54, 1.807) is 29.8 Å². The molecule has 0 saturated heterocycles. The van der Waals surface area contributed by atoms with Crippen molar-refractivity contribution < 1.29 is 22.6 Å². The first-order chi connectivity index (χ1) is 16.1. The highest BCUT2D eigenvalue weighted by atomic mass is 32.2. The average Bonchev–Trinajstić information content (AvgIpc) is 3.13. The van der Waals surface area contributed by atoms with Crippen LogP contribution >= 0.6 is 0 Å². The van der Waals surface area contributed by atoms with Gasteiger partial charge in [-0.1, -0.05) is 48.0 Å². The van der Waals surface area contributed by atoms with E-state index in [4.69, 9.17) is 9.29 Å². The van der Waals surface area contributed by atoms with Crippen LogP contribution in [0.25, 0.3) is 0 Å². The van der Waals surface area contributed by atoms with Crippen LogP contribution < -0.4 is 4.18 Å². The Morgan fingerprint density at radius 3 is 2.18 bits per heavy atom. The molecular formula is C24H23N3O6S. The molecule has 0 radical (unpaired) electrons. The van der Waals surface area contributed by atoms with Gasteiger partial charge < -0.3 is 9.29 Å². The van der Waals surface area contributed by atoms with Crippen molar-refractivity contribution >= 4 is 15.8 Å². The summed E-state index contributed by atoms with van der Waals surface area (Å²) in [6.07, 6.45) is 0. The fraction of sp³-hybridized carbons (Fsp3) is 0.125. The summed E-state index contributed by atoms with van der Waals surface area (Å²) in [4.78, 5) is 9.65. The Hall–Kier alpha value is -4.18. The third-order valence-corrected chi connectivity index (χ3v) is 5.85. The summed E-state index contributed by atoms with van der Waals surface area (Å²) in [6.45, 7) is 4.13. The quantitative estimate of drug-likeness (QED) is 0.242. The van der Waals surface area contributed by atoms with Crippen molar-refractivity contribution in [3.05, 3.63) is 112 Å². The van der Waals surface area contributed by atoms with Gasteiger partial charge in [-0.2, -0.15) is 13.5 Å². The first-order valence-electron chi connectivity index (χ1n) is 10.2. The molecule has 1 aromatic heterocycles. The van der Waals surface area contributed by atoms with Gasteiger partial charge in [-0.3, -0.25) is 10.1 Å². The van der Waals surface area contributed by atoms with E-state index in [0.29, 0.717) is 12.2 Å². The van der Waals surface area contributed by atoms with Crippen LogP contribution in [-0.2, 0) is 16.7 Å². The highest BCUT2D eigenvalue weighted by Gasteiger charge is 2.20. The number of aryl methyl sites for hydroxylation is 2. The fourth-order valence-electron chi connectivity index (χ4n) is 2.90. The van der Waals surface area contributed by atoms with E-state index >= 15 is 0 Å². The maximum Gasteiger partial charge on any atom is 0.340 e. The molecule has 0 spiro atoms. The number of rotatable bonds is 6. The van der Waals surface area contributed by atoms with Crippen LogP contribution in [-0.4, -0.2) is 28.2 Å². The number of aromatic hydroxyl groups is 1. The van der Waals surface area contributed by atoms with Gasteiger partial charge in [-0.05, 0) is 43.7 Å². The van der Waals surface area contributed by atoms with E-state index in [9.17, 15) is 18.5 Å². The zero-order chi connectivity index (χ0) is 24.7. The lowest BCUT2D eigenvalue weighted by Gasteiger charge is -2.09. The first-order valence-corrected chi connectivity index (χ1v) is 11.6. The third-order valence-electron chi connectivity index (χ3n) is 4.61. The maximum atomic E-state index is 12.5. The molecule has 3 aromatic carbocycles. The third kappa shape index (κ3) is 6.66. The molecule has 1 heterocycles. The van der Waals surface area contributed by atoms with Crippen LogP contribution in [0.4, 0.5) is 5.69 Å². The van der Waals surface area contributed by atoms with Crippen LogP contribution in [0.2, 0.25) is 0 Å². The molecule has 1 N–H and O–H groups in total. The molecule has 176 valence electrons. The summed E-state index contributed by atoms with van der Waals surface area (Å²) in [7, 11) is -3.89. The summed E-state index contributed by atoms with van der Waals surface area (Å²) in [5.74, 6) is 0.238. The maximum absolute atomic E-state index is 12.5. The van der Waals surface area contributed by atoms with Crippen LogP contribution in [0.1, 0.15) is 16.8 Å². The predicted octanol–water partition coefficient (Wildman–Crippen LogP) is 4.62. The summed E-state index contributed by atoms with van der Waals surface area (Å²) in [6, 6.07) is 22.9. The molecule has 0 aliphatic heterocycles. The molecule has 0 unspecified atom stereocenters. The molecule has 0 saturated carbocycles. The molecule has 4 rings (SSSR count). The summed E-state index contributed by atoms with van der Waals surface area (Å²) < 4.78 is 31.8. The van der Waals surface area contributed by atoms with Crippen LogP contribution in [0.3, 0.4) is 0 Å². The van der Waals surface area contributed by atoms with Gasteiger partial charge in [0.05, 0.1) is 17.2 Å². The van der Waals surface area contributed by atoms with Gasteiger partial charge in [0.15, 0.2) is 0 Å². The summed E-state index contributed by atoms with van der Waals surface area (Å²) in [5, 5.41) is 23.1. The van der Waals surface area contributed by atoms with Crippen molar-refractivity contribution in [2.45, 2.75) is 25.3 Å². The zero-order valence-electron chi connectivity index (χ0n) is 18.5. The fourth-order valence-corrected chi connectivity index (χ4v) is 3.82. The van der Waals surface area contributed by atoms with Gasteiger partial charge in [0, 0.05) is 18.2 Å². The van der Waals surface area contributed by atoms with Crippen molar-refractivity contribution in [3.63, 3.8) is 0 Å². The van der Waals surface area contributed by atoms with Gasteiger partial charge in [-0.15, -0.1) is 0 Å². The molecule has 0 atom stereocenters. The van der Waals surface area contributed by atoms with Crippen LogP contribution in [0.5, 0.6) is 11.6 Å². The lowest BCUT2D eigenvalue weighted by atomic mass is 10.2. The highest BCUT2D eigenvalue weighted by Crippen LogP contribution is 2.21. The molecule has 4 aromatic rings. The average molecular weight is 482 g/mol. The largest absolute Gasteiger partial charge is 0.508 e. The predicted molar refractivity (Wildman–Crippen MR) is 126 cm³/mol. The van der Waals surface area contributed by atoms with Gasteiger partial charge in [-0.25, -0.2) is 4.68 Å². The topological polar surface area (TPSA) is 125 Å². The number of hydrogen-bond donors (Lipinski definition) is 1. The van der Waals surface area contributed by atoms with E-state index in [-0.39, 0.29) is 22.2 Å². The molecule has 9 nitrogen and oxygen atoms in total. The van der Waals surface area contributed by atoms with Gasteiger partial charge in [0.2, 0.25) is 5.88 Å². The number of hydrogen-bond acceptors (Lipinski definition) is 7. The number of nitro groups is 1. The second-order valence-corrected chi connectivity index (χ2v) is 8.94. The van der Waals surface area contributed by atoms with Crippen molar-refractivity contribution in [2.24, 2.45) is 0 Å². The second kappa shape index (κ2) is 10.6.